The molecule has 1 unspecified atom stereocenters. The second-order valence-corrected chi connectivity index (χ2v) is 4.82. The van der Waals surface area contributed by atoms with E-state index in [2.05, 4.69) is 5.32 Å². The minimum atomic E-state index is 0.228. The van der Waals surface area contributed by atoms with Crippen molar-refractivity contribution in [2.45, 2.75) is 57.9 Å². The Hall–Kier alpha value is -0.570. The van der Waals surface area contributed by atoms with Crippen LogP contribution in [0.15, 0.2) is 0 Å². The summed E-state index contributed by atoms with van der Waals surface area (Å²) in [5.41, 5.74) is 5.63. The predicted octanol–water partition coefficient (Wildman–Crippen LogP) is 1.81. The maximum atomic E-state index is 11.5. The number of amides is 1. The van der Waals surface area contributed by atoms with Gasteiger partial charge in [-0.15, -0.1) is 0 Å². The van der Waals surface area contributed by atoms with E-state index in [1.807, 2.05) is 6.92 Å². The van der Waals surface area contributed by atoms with Crippen molar-refractivity contribution in [3.63, 3.8) is 0 Å². The van der Waals surface area contributed by atoms with Crippen LogP contribution in [0.25, 0.3) is 0 Å². The average Bonchev–Trinajstić information content (AvgIpc) is 2.64. The van der Waals surface area contributed by atoms with Crippen molar-refractivity contribution in [1.82, 2.24) is 5.32 Å². The molecule has 3 nitrogen and oxygen atoms in total. The predicted molar refractivity (Wildman–Crippen MR) is 62.5 cm³/mol. The molecule has 3 heteroatoms. The van der Waals surface area contributed by atoms with E-state index >= 15 is 0 Å². The molecule has 0 aromatic carbocycles. The van der Waals surface area contributed by atoms with Gasteiger partial charge >= 0.3 is 0 Å². The number of nitrogens with two attached hydrogens (primary N) is 1. The van der Waals surface area contributed by atoms with Gasteiger partial charge in [-0.05, 0) is 38.5 Å². The molecule has 1 rings (SSSR count). The topological polar surface area (TPSA) is 55.1 Å². The standard InChI is InChI=1S/C12H24N2O/c1-10(13)5-4-8-14-12(15)9-11-6-2-3-7-11/h10-11H,2-9,13H2,1H3,(H,14,15). The summed E-state index contributed by atoms with van der Waals surface area (Å²) >= 11 is 0. The number of hydrogen-bond acceptors (Lipinski definition) is 2. The largest absolute Gasteiger partial charge is 0.356 e. The molecule has 1 amide bonds. The van der Waals surface area contributed by atoms with Crippen LogP contribution in [-0.2, 0) is 4.79 Å². The molecule has 0 bridgehead atoms. The van der Waals surface area contributed by atoms with E-state index in [4.69, 9.17) is 5.73 Å². The van der Waals surface area contributed by atoms with Gasteiger partial charge in [0.2, 0.25) is 5.91 Å². The third-order valence-electron chi connectivity index (χ3n) is 3.11. The Labute approximate surface area is 92.8 Å². The van der Waals surface area contributed by atoms with E-state index in [1.54, 1.807) is 0 Å². The Morgan fingerprint density at radius 3 is 2.73 bits per heavy atom. The fraction of sp³-hybridized carbons (Fsp3) is 0.917. The molecule has 1 fully saturated rings. The van der Waals surface area contributed by atoms with Gasteiger partial charge in [-0.2, -0.15) is 0 Å². The van der Waals surface area contributed by atoms with Gasteiger partial charge in [0.1, 0.15) is 0 Å². The maximum absolute atomic E-state index is 11.5. The van der Waals surface area contributed by atoms with E-state index < -0.39 is 0 Å². The molecule has 1 atom stereocenters. The molecule has 3 N–H and O–H groups in total. The Kier molecular flexibility index (Phi) is 5.69. The Bertz CT molecular complexity index is 186. The number of rotatable bonds is 6. The lowest BCUT2D eigenvalue weighted by Crippen LogP contribution is -2.27. The molecular weight excluding hydrogens is 188 g/mol. The monoisotopic (exact) mass is 212 g/mol. The Balaban J connectivity index is 1.98. The van der Waals surface area contributed by atoms with Crippen LogP contribution in [0.5, 0.6) is 0 Å². The van der Waals surface area contributed by atoms with Crippen molar-refractivity contribution in [3.05, 3.63) is 0 Å². The van der Waals surface area contributed by atoms with Crippen molar-refractivity contribution in [1.29, 1.82) is 0 Å². The first kappa shape index (κ1) is 12.5. The number of carbonyl (C=O) groups excluding carboxylic acids is 1. The van der Waals surface area contributed by atoms with Gasteiger partial charge in [0.25, 0.3) is 0 Å². The molecule has 0 saturated heterocycles. The first-order valence-electron chi connectivity index (χ1n) is 6.20. The van der Waals surface area contributed by atoms with E-state index in [0.717, 1.165) is 25.8 Å². The quantitative estimate of drug-likeness (QED) is 0.660. The minimum absolute atomic E-state index is 0.228. The zero-order valence-electron chi connectivity index (χ0n) is 9.80. The second-order valence-electron chi connectivity index (χ2n) is 4.82. The van der Waals surface area contributed by atoms with Gasteiger partial charge in [0, 0.05) is 19.0 Å². The second kappa shape index (κ2) is 6.83. The van der Waals surface area contributed by atoms with Gasteiger partial charge in [0.15, 0.2) is 0 Å². The Morgan fingerprint density at radius 1 is 1.47 bits per heavy atom. The van der Waals surface area contributed by atoms with Gasteiger partial charge in [-0.3, -0.25) is 4.79 Å². The fourth-order valence-electron chi connectivity index (χ4n) is 2.20. The Morgan fingerprint density at radius 2 is 2.13 bits per heavy atom. The summed E-state index contributed by atoms with van der Waals surface area (Å²) in [6.45, 7) is 2.79. The van der Waals surface area contributed by atoms with Crippen LogP contribution in [0.2, 0.25) is 0 Å². The smallest absolute Gasteiger partial charge is 0.220 e. The van der Waals surface area contributed by atoms with Crippen LogP contribution < -0.4 is 11.1 Å². The summed E-state index contributed by atoms with van der Waals surface area (Å²) in [5, 5.41) is 2.97. The fourth-order valence-corrected chi connectivity index (χ4v) is 2.20. The molecule has 1 aliphatic carbocycles. The van der Waals surface area contributed by atoms with Crippen molar-refractivity contribution in [3.8, 4) is 0 Å². The zero-order valence-corrected chi connectivity index (χ0v) is 9.80. The summed E-state index contributed by atoms with van der Waals surface area (Å²) in [6, 6.07) is 0.247. The number of carbonyl (C=O) groups is 1. The van der Waals surface area contributed by atoms with Crippen molar-refractivity contribution in [2.75, 3.05) is 6.54 Å². The molecule has 88 valence electrons. The highest BCUT2D eigenvalue weighted by Gasteiger charge is 2.17. The third-order valence-corrected chi connectivity index (χ3v) is 3.11. The highest BCUT2D eigenvalue weighted by Crippen LogP contribution is 2.27. The number of hydrogen-bond donors (Lipinski definition) is 2. The SMILES string of the molecule is CC(N)CCCNC(=O)CC1CCCC1. The summed E-state index contributed by atoms with van der Waals surface area (Å²) < 4.78 is 0. The van der Waals surface area contributed by atoms with Crippen LogP contribution in [0, 0.1) is 5.92 Å². The van der Waals surface area contributed by atoms with Gasteiger partial charge in [0.05, 0.1) is 0 Å². The van der Waals surface area contributed by atoms with Crippen molar-refractivity contribution >= 4 is 5.91 Å². The van der Waals surface area contributed by atoms with Gasteiger partial charge in [-0.25, -0.2) is 0 Å². The average molecular weight is 212 g/mol. The summed E-state index contributed by atoms with van der Waals surface area (Å²) in [6.07, 6.45) is 7.82. The van der Waals surface area contributed by atoms with Gasteiger partial charge in [-0.1, -0.05) is 12.8 Å². The highest BCUT2D eigenvalue weighted by molar-refractivity contribution is 5.76. The molecular formula is C12H24N2O. The normalized spacial score (nSPS) is 19.1. The van der Waals surface area contributed by atoms with E-state index in [-0.39, 0.29) is 11.9 Å². The molecule has 15 heavy (non-hydrogen) atoms. The van der Waals surface area contributed by atoms with Crippen LogP contribution in [-0.4, -0.2) is 18.5 Å². The maximum Gasteiger partial charge on any atom is 0.220 e. The zero-order chi connectivity index (χ0) is 11.1. The lowest BCUT2D eigenvalue weighted by atomic mass is 10.0. The van der Waals surface area contributed by atoms with Crippen LogP contribution in [0.3, 0.4) is 0 Å². The molecule has 0 aliphatic heterocycles. The highest BCUT2D eigenvalue weighted by atomic mass is 16.1. The molecule has 0 aromatic rings. The molecule has 0 radical (unpaired) electrons. The van der Waals surface area contributed by atoms with E-state index in [0.29, 0.717) is 5.92 Å². The molecule has 0 aromatic heterocycles. The lowest BCUT2D eigenvalue weighted by Gasteiger charge is -2.10. The van der Waals surface area contributed by atoms with Crippen molar-refractivity contribution < 1.29 is 4.79 Å². The third kappa shape index (κ3) is 5.78. The molecule has 0 spiro atoms. The summed E-state index contributed by atoms with van der Waals surface area (Å²) in [4.78, 5) is 11.5. The lowest BCUT2D eigenvalue weighted by molar-refractivity contribution is -0.121. The summed E-state index contributed by atoms with van der Waals surface area (Å²) in [7, 11) is 0. The number of nitrogens with one attached hydrogen (secondary N) is 1. The van der Waals surface area contributed by atoms with Crippen LogP contribution in [0.4, 0.5) is 0 Å². The first-order valence-corrected chi connectivity index (χ1v) is 6.20. The van der Waals surface area contributed by atoms with Crippen LogP contribution >= 0.6 is 0 Å². The van der Waals surface area contributed by atoms with Gasteiger partial charge < -0.3 is 11.1 Å². The van der Waals surface area contributed by atoms with Crippen molar-refractivity contribution in [2.24, 2.45) is 11.7 Å². The van der Waals surface area contributed by atoms with Crippen LogP contribution in [0.1, 0.15) is 51.9 Å². The molecule has 1 saturated carbocycles. The molecule has 1 aliphatic rings. The van der Waals surface area contributed by atoms with E-state index in [9.17, 15) is 4.79 Å². The van der Waals surface area contributed by atoms with E-state index in [1.165, 1.54) is 25.7 Å². The molecule has 0 heterocycles. The summed E-state index contributed by atoms with van der Waals surface area (Å²) in [5.74, 6) is 0.880. The first-order chi connectivity index (χ1) is 7.18. The minimum Gasteiger partial charge on any atom is -0.356 e.